The van der Waals surface area contributed by atoms with Crippen LogP contribution in [-0.2, 0) is 55.0 Å². The van der Waals surface area contributed by atoms with Gasteiger partial charge in [0, 0.05) is 29.4 Å². The summed E-state index contributed by atoms with van der Waals surface area (Å²) in [5.41, 5.74) is 5.85. The minimum atomic E-state index is -1.85. The van der Waals surface area contributed by atoms with Crippen LogP contribution in [0.15, 0.2) is 170 Å². The van der Waals surface area contributed by atoms with E-state index in [1.165, 1.54) is 13.8 Å². The summed E-state index contributed by atoms with van der Waals surface area (Å²) in [5.74, 6) is -6.62. The summed E-state index contributed by atoms with van der Waals surface area (Å²) in [7, 11) is 1.05. The van der Waals surface area contributed by atoms with Crippen LogP contribution in [0.25, 0.3) is 22.0 Å². The molecule has 8 N–H and O–H groups in total. The molecule has 6 aromatic carbocycles. The number of aromatic amines is 1. The summed E-state index contributed by atoms with van der Waals surface area (Å²) >= 11 is 0. The molecular weight excluding hydrogens is 1010 g/mol. The fraction of sp³-hybridized carbons (Fsp3) is 0.246. The number of H-pyrrole nitrogens is 1. The van der Waals surface area contributed by atoms with Gasteiger partial charge in [-0.1, -0.05) is 158 Å². The van der Waals surface area contributed by atoms with E-state index in [0.717, 1.165) is 40.3 Å². The van der Waals surface area contributed by atoms with Crippen LogP contribution in [-0.4, -0.2) is 108 Å². The van der Waals surface area contributed by atoms with Crippen LogP contribution in [0.5, 0.6) is 0 Å². The van der Waals surface area contributed by atoms with Crippen molar-refractivity contribution in [2.45, 2.75) is 74.8 Å². The molecule has 0 aliphatic heterocycles. The van der Waals surface area contributed by atoms with Crippen LogP contribution < -0.4 is 31.9 Å². The Labute approximate surface area is 456 Å². The van der Waals surface area contributed by atoms with Gasteiger partial charge in [0.05, 0.1) is 32.6 Å². The first-order valence-corrected chi connectivity index (χ1v) is 25.7. The Morgan fingerprint density at radius 1 is 0.595 bits per heavy atom. The Balaban J connectivity index is 1.13. The highest BCUT2D eigenvalue weighted by Gasteiger charge is 2.41. The minimum absolute atomic E-state index is 0.0869. The van der Waals surface area contributed by atoms with Crippen molar-refractivity contribution in [3.63, 3.8) is 0 Å². The third-order valence-corrected chi connectivity index (χ3v) is 13.8. The van der Waals surface area contributed by atoms with Gasteiger partial charge in [-0.25, -0.2) is 4.79 Å². The highest BCUT2D eigenvalue weighted by atomic mass is 16.5. The van der Waals surface area contributed by atoms with Gasteiger partial charge < -0.3 is 51.5 Å². The quantitative estimate of drug-likeness (QED) is 0.0304. The predicted molar refractivity (Wildman–Crippen MR) is 294 cm³/mol. The van der Waals surface area contributed by atoms with E-state index >= 15 is 9.59 Å². The molecule has 7 aromatic rings. The maximum atomic E-state index is 15.1. The standard InChI is InChI=1S/C61H61N7O11/c1-37(69)34-63-59(76)55(38(2)70)67-58(75)52(33-54(72)78-3)65-57(74)51(32-53(71)68-61(40-19-7-4-8-20-40,41-21-9-5-10-22-41)42-23-11-6-12-24-42)64-56(73)50(31-39-35-62-49-30-18-17-25-43(39)49)66-60(77)79-36-48-46-28-15-13-26-44(46)45-27-14-16-29-47(45)48/h4-30,35,38,48,50-52,55,62,70H,31-34,36H2,1-3H3,(H,63,76)(H,64,73)(H,65,74)(H,66,77)(H,67,75)(H,68,71). The molecule has 1 aliphatic carbocycles. The lowest BCUT2D eigenvalue weighted by Crippen LogP contribution is -2.61. The third-order valence-electron chi connectivity index (χ3n) is 13.8. The zero-order valence-corrected chi connectivity index (χ0v) is 43.7. The Bertz CT molecular complexity index is 3190. The van der Waals surface area contributed by atoms with Crippen LogP contribution in [0.4, 0.5) is 4.79 Å². The van der Waals surface area contributed by atoms with Gasteiger partial charge in [0.2, 0.25) is 29.5 Å². The summed E-state index contributed by atoms with van der Waals surface area (Å²) in [6, 6.07) is 43.6. The molecule has 5 unspecified atom stereocenters. The molecule has 1 aliphatic rings. The number of hydrogen-bond acceptors (Lipinski definition) is 11. The summed E-state index contributed by atoms with van der Waals surface area (Å²) in [6.45, 7) is 1.93. The van der Waals surface area contributed by atoms with Crippen LogP contribution >= 0.6 is 0 Å². The number of hydrogen-bond donors (Lipinski definition) is 8. The number of Topliss-reactive ketones (excluding diaryl/α,β-unsaturated/α-hetero) is 1. The molecule has 8 rings (SSSR count). The third kappa shape index (κ3) is 13.2. The van der Waals surface area contributed by atoms with Crippen molar-refractivity contribution >= 4 is 58.3 Å². The van der Waals surface area contributed by atoms with E-state index in [1.54, 1.807) is 6.20 Å². The number of amides is 6. The number of carbonyl (C=O) groups excluding carboxylic acids is 8. The summed E-state index contributed by atoms with van der Waals surface area (Å²) in [4.78, 5) is 114. The zero-order valence-electron chi connectivity index (χ0n) is 43.7. The van der Waals surface area contributed by atoms with Crippen molar-refractivity contribution in [3.05, 3.63) is 203 Å². The number of ether oxygens (including phenoxy) is 2. The molecule has 406 valence electrons. The first kappa shape index (κ1) is 55.8. The van der Waals surface area contributed by atoms with Gasteiger partial charge in [-0.15, -0.1) is 0 Å². The van der Waals surface area contributed by atoms with Crippen LogP contribution in [0.1, 0.15) is 66.0 Å². The second kappa shape index (κ2) is 25.6. The number of aromatic nitrogens is 1. The molecule has 79 heavy (non-hydrogen) atoms. The molecule has 0 fully saturated rings. The first-order chi connectivity index (χ1) is 38.2. The Hall–Kier alpha value is -9.42. The van der Waals surface area contributed by atoms with E-state index in [0.29, 0.717) is 22.3 Å². The Morgan fingerprint density at radius 2 is 1.09 bits per heavy atom. The molecule has 0 radical (unpaired) electrons. The maximum Gasteiger partial charge on any atom is 0.407 e. The smallest absolute Gasteiger partial charge is 0.407 e. The number of rotatable bonds is 23. The lowest BCUT2D eigenvalue weighted by molar-refractivity contribution is -0.144. The Kier molecular flexibility index (Phi) is 18.1. The number of nitrogens with one attached hydrogen (secondary N) is 7. The number of ketones is 1. The number of para-hydroxylation sites is 1. The molecule has 1 aromatic heterocycles. The van der Waals surface area contributed by atoms with Crippen LogP contribution in [0.3, 0.4) is 0 Å². The van der Waals surface area contributed by atoms with Gasteiger partial charge in [-0.05, 0) is 64.4 Å². The second-order valence-corrected chi connectivity index (χ2v) is 19.2. The van der Waals surface area contributed by atoms with Crippen molar-refractivity contribution < 1.29 is 52.9 Å². The lowest BCUT2D eigenvalue weighted by atomic mass is 9.77. The van der Waals surface area contributed by atoms with E-state index < -0.39 is 103 Å². The van der Waals surface area contributed by atoms with Gasteiger partial charge in [0.25, 0.3) is 0 Å². The summed E-state index contributed by atoms with van der Waals surface area (Å²) in [5, 5.41) is 27.0. The van der Waals surface area contributed by atoms with Gasteiger partial charge in [-0.3, -0.25) is 33.6 Å². The molecule has 0 saturated heterocycles. The highest BCUT2D eigenvalue weighted by molar-refractivity contribution is 5.99. The zero-order chi connectivity index (χ0) is 56.1. The van der Waals surface area contributed by atoms with Crippen molar-refractivity contribution in [1.29, 1.82) is 0 Å². The van der Waals surface area contributed by atoms with Gasteiger partial charge in [0.15, 0.2) is 0 Å². The van der Waals surface area contributed by atoms with Crippen molar-refractivity contribution in [1.82, 2.24) is 36.9 Å². The number of alkyl carbamates (subject to hydrolysis) is 1. The fourth-order valence-electron chi connectivity index (χ4n) is 9.93. The van der Waals surface area contributed by atoms with Crippen LogP contribution in [0.2, 0.25) is 0 Å². The van der Waals surface area contributed by atoms with Gasteiger partial charge in [0.1, 0.15) is 42.1 Å². The number of aliphatic hydroxyl groups is 1. The molecule has 18 heteroatoms. The van der Waals surface area contributed by atoms with E-state index in [9.17, 15) is 33.9 Å². The number of fused-ring (bicyclic) bond motifs is 4. The molecule has 0 saturated carbocycles. The first-order valence-electron chi connectivity index (χ1n) is 25.7. The molecule has 0 spiro atoms. The van der Waals surface area contributed by atoms with Crippen molar-refractivity contribution in [3.8, 4) is 11.1 Å². The normalized spacial score (nSPS) is 13.7. The Morgan fingerprint density at radius 3 is 1.63 bits per heavy atom. The topological polar surface area (TPSA) is 263 Å². The molecule has 0 bridgehead atoms. The SMILES string of the molecule is COC(=O)CC(NC(=O)C(CC(=O)NC(c1ccccc1)(c1ccccc1)c1ccccc1)NC(=O)C(Cc1c[nH]c2ccccc12)NC(=O)OCC1c2ccccc2-c2ccccc21)C(=O)NC(C(=O)NCC(C)=O)C(C)O. The molecule has 1 heterocycles. The van der Waals surface area contributed by atoms with E-state index in [2.05, 4.69) is 36.9 Å². The predicted octanol–water partition coefficient (Wildman–Crippen LogP) is 5.22. The average molecular weight is 1070 g/mol. The van der Waals surface area contributed by atoms with Crippen molar-refractivity contribution in [2.75, 3.05) is 20.3 Å². The van der Waals surface area contributed by atoms with Crippen molar-refractivity contribution in [2.24, 2.45) is 0 Å². The second-order valence-electron chi connectivity index (χ2n) is 19.2. The van der Waals surface area contributed by atoms with E-state index in [1.807, 2.05) is 164 Å². The summed E-state index contributed by atoms with van der Waals surface area (Å²) in [6.07, 6.45) is -2.53. The van der Waals surface area contributed by atoms with E-state index in [-0.39, 0.29) is 18.9 Å². The monoisotopic (exact) mass is 1070 g/mol. The number of benzene rings is 6. The average Bonchev–Trinajstić information content (AvgIpc) is 4.26. The maximum absolute atomic E-state index is 15.1. The van der Waals surface area contributed by atoms with Gasteiger partial charge in [-0.2, -0.15) is 0 Å². The largest absolute Gasteiger partial charge is 0.469 e. The number of carbonyl (C=O) groups is 8. The molecule has 18 nitrogen and oxygen atoms in total. The van der Waals surface area contributed by atoms with Gasteiger partial charge >= 0.3 is 12.1 Å². The van der Waals surface area contributed by atoms with E-state index in [4.69, 9.17) is 9.47 Å². The molecule has 6 amide bonds. The molecule has 5 atom stereocenters. The lowest BCUT2D eigenvalue weighted by Gasteiger charge is -2.37. The minimum Gasteiger partial charge on any atom is -0.469 e. The highest BCUT2D eigenvalue weighted by Crippen LogP contribution is 2.44. The fourth-order valence-corrected chi connectivity index (χ4v) is 9.93. The number of methoxy groups -OCH3 is 1. The number of aliphatic hydroxyl groups excluding tert-OH is 1. The molecular formula is C61H61N7O11. The van der Waals surface area contributed by atoms with Crippen LogP contribution in [0, 0.1) is 0 Å². The number of esters is 1. The summed E-state index contributed by atoms with van der Waals surface area (Å²) < 4.78 is 10.8.